The Balaban J connectivity index is 1.47. The fourth-order valence-corrected chi connectivity index (χ4v) is 4.14. The quantitative estimate of drug-likeness (QED) is 0.238. The van der Waals surface area contributed by atoms with Crippen LogP contribution in [0.15, 0.2) is 97.2 Å². The van der Waals surface area contributed by atoms with E-state index in [9.17, 15) is 24.3 Å². The molecule has 0 aliphatic carbocycles. The number of carbonyl (C=O) groups is 4. The van der Waals surface area contributed by atoms with Crippen LogP contribution in [0.25, 0.3) is 0 Å². The Morgan fingerprint density at radius 1 is 0.732 bits per heavy atom. The van der Waals surface area contributed by atoms with Gasteiger partial charge in [-0.3, -0.25) is 0 Å². The molecule has 0 amide bonds. The Hall–Kier alpha value is -5.36. The first-order chi connectivity index (χ1) is 19.9. The minimum absolute atomic E-state index is 0.206. The molecule has 1 fully saturated rings. The number of nitrogens with zero attached hydrogens (tertiary/aromatic N) is 3. The highest BCUT2D eigenvalue weighted by molar-refractivity contribution is 5.91. The van der Waals surface area contributed by atoms with Crippen LogP contribution in [0.2, 0.25) is 0 Å². The van der Waals surface area contributed by atoms with Gasteiger partial charge in [-0.25, -0.2) is 19.2 Å². The molecular formula is C29H23N3O9. The third-order valence-corrected chi connectivity index (χ3v) is 6.13. The van der Waals surface area contributed by atoms with Crippen molar-refractivity contribution in [2.75, 3.05) is 6.61 Å². The number of aromatic carboxylic acids is 1. The van der Waals surface area contributed by atoms with Gasteiger partial charge in [-0.2, -0.15) is 9.90 Å². The van der Waals surface area contributed by atoms with Gasteiger partial charge in [0.2, 0.25) is 6.23 Å². The lowest BCUT2D eigenvalue weighted by molar-refractivity contribution is -0.0733. The second-order valence-electron chi connectivity index (χ2n) is 8.86. The number of carboxylic acids is 1. The van der Waals surface area contributed by atoms with Crippen LogP contribution in [-0.2, 0) is 18.9 Å². The van der Waals surface area contributed by atoms with Crippen LogP contribution in [0.5, 0.6) is 0 Å². The van der Waals surface area contributed by atoms with Gasteiger partial charge in [0.1, 0.15) is 12.7 Å². The smallest absolute Gasteiger partial charge is 0.358 e. The Kier molecular flexibility index (Phi) is 8.11. The zero-order chi connectivity index (χ0) is 28.8. The predicted molar refractivity (Wildman–Crippen MR) is 139 cm³/mol. The van der Waals surface area contributed by atoms with Crippen LogP contribution in [0.3, 0.4) is 0 Å². The molecule has 5 rings (SSSR count). The van der Waals surface area contributed by atoms with Crippen LogP contribution in [0.1, 0.15) is 47.8 Å². The van der Waals surface area contributed by atoms with Crippen molar-refractivity contribution in [1.29, 1.82) is 0 Å². The van der Waals surface area contributed by atoms with Gasteiger partial charge in [0.25, 0.3) is 0 Å². The number of carbonyl (C=O) groups excluding carboxylic acids is 3. The molecule has 0 bridgehead atoms. The number of hydrogen-bond acceptors (Lipinski definition) is 10. The van der Waals surface area contributed by atoms with E-state index in [0.29, 0.717) is 0 Å². The maximum atomic E-state index is 13.1. The highest BCUT2D eigenvalue weighted by Crippen LogP contribution is 2.34. The highest BCUT2D eigenvalue weighted by atomic mass is 16.7. The molecule has 1 aliphatic heterocycles. The van der Waals surface area contributed by atoms with E-state index in [2.05, 4.69) is 10.2 Å². The first kappa shape index (κ1) is 27.2. The van der Waals surface area contributed by atoms with Crippen LogP contribution in [-0.4, -0.2) is 68.9 Å². The third kappa shape index (κ3) is 6.28. The Morgan fingerprint density at radius 2 is 1.22 bits per heavy atom. The zero-order valence-corrected chi connectivity index (χ0v) is 21.3. The molecule has 12 nitrogen and oxygen atoms in total. The maximum absolute atomic E-state index is 13.1. The number of aromatic nitrogens is 3. The van der Waals surface area contributed by atoms with Gasteiger partial charge >= 0.3 is 23.9 Å². The van der Waals surface area contributed by atoms with Crippen LogP contribution < -0.4 is 0 Å². The Labute approximate surface area is 233 Å². The minimum Gasteiger partial charge on any atom is -0.476 e. The predicted octanol–water partition coefficient (Wildman–Crippen LogP) is 3.18. The molecule has 12 heteroatoms. The van der Waals surface area contributed by atoms with E-state index in [1.807, 2.05) is 0 Å². The van der Waals surface area contributed by atoms with Crippen LogP contribution in [0.4, 0.5) is 0 Å². The van der Waals surface area contributed by atoms with Gasteiger partial charge < -0.3 is 24.1 Å². The lowest BCUT2D eigenvalue weighted by atomic mass is 10.1. The molecule has 3 aromatic carbocycles. The molecule has 0 saturated carbocycles. The van der Waals surface area contributed by atoms with E-state index in [-0.39, 0.29) is 16.7 Å². The van der Waals surface area contributed by atoms with Gasteiger partial charge in [-0.1, -0.05) is 54.6 Å². The SMILES string of the molecule is O=C(OC[C@H]1O[C@@H](n2ncc(C(=O)O)n2)[C@H](OC(=O)c2ccccc2)[C@@H]1OC(=O)c1ccccc1)c1ccccc1. The van der Waals surface area contributed by atoms with Gasteiger partial charge in [-0.05, 0) is 36.4 Å². The van der Waals surface area contributed by atoms with E-state index in [1.165, 1.54) is 12.1 Å². The van der Waals surface area contributed by atoms with Crippen LogP contribution >= 0.6 is 0 Å². The third-order valence-electron chi connectivity index (χ3n) is 6.13. The molecule has 4 atom stereocenters. The summed E-state index contributed by atoms with van der Waals surface area (Å²) in [5, 5.41) is 17.2. The molecule has 0 unspecified atom stereocenters. The summed E-state index contributed by atoms with van der Waals surface area (Å²) in [5.74, 6) is -3.52. The zero-order valence-electron chi connectivity index (χ0n) is 21.3. The molecule has 1 aromatic heterocycles. The van der Waals surface area contributed by atoms with Crippen molar-refractivity contribution in [3.8, 4) is 0 Å². The van der Waals surface area contributed by atoms with Crippen molar-refractivity contribution < 1.29 is 43.2 Å². The van der Waals surface area contributed by atoms with Gasteiger partial charge in [0, 0.05) is 0 Å². The van der Waals surface area contributed by atoms with Crippen molar-refractivity contribution in [3.63, 3.8) is 0 Å². The highest BCUT2D eigenvalue weighted by Gasteiger charge is 2.52. The molecule has 4 aromatic rings. The summed E-state index contributed by atoms with van der Waals surface area (Å²) >= 11 is 0. The molecule has 0 spiro atoms. The van der Waals surface area contributed by atoms with E-state index >= 15 is 0 Å². The van der Waals surface area contributed by atoms with Gasteiger partial charge in [0.15, 0.2) is 17.9 Å². The average Bonchev–Trinajstić information content (AvgIpc) is 3.63. The van der Waals surface area contributed by atoms with Crippen LogP contribution in [0, 0.1) is 0 Å². The minimum atomic E-state index is -1.36. The fourth-order valence-electron chi connectivity index (χ4n) is 4.14. The molecule has 2 heterocycles. The monoisotopic (exact) mass is 557 g/mol. The maximum Gasteiger partial charge on any atom is 0.358 e. The van der Waals surface area contributed by atoms with Gasteiger partial charge in [-0.15, -0.1) is 5.10 Å². The summed E-state index contributed by atoms with van der Waals surface area (Å²) in [7, 11) is 0. The fraction of sp³-hybridized carbons (Fsp3) is 0.172. The largest absolute Gasteiger partial charge is 0.476 e. The molecule has 1 saturated heterocycles. The number of esters is 3. The summed E-state index contributed by atoms with van der Waals surface area (Å²) < 4.78 is 23.1. The van der Waals surface area contributed by atoms with Crippen molar-refractivity contribution in [3.05, 3.63) is 120 Å². The molecule has 208 valence electrons. The van der Waals surface area contributed by atoms with E-state index in [0.717, 1.165) is 11.0 Å². The van der Waals surface area contributed by atoms with Gasteiger partial charge in [0.05, 0.1) is 22.9 Å². The Bertz CT molecular complexity index is 1530. The van der Waals surface area contributed by atoms with E-state index in [1.54, 1.807) is 78.9 Å². The summed E-state index contributed by atoms with van der Waals surface area (Å²) in [6.07, 6.45) is -4.14. The van der Waals surface area contributed by atoms with Crippen molar-refractivity contribution in [2.24, 2.45) is 0 Å². The summed E-state index contributed by atoms with van der Waals surface area (Å²) in [5.41, 5.74) is 0.317. The first-order valence-electron chi connectivity index (χ1n) is 12.5. The average molecular weight is 558 g/mol. The number of hydrogen-bond donors (Lipinski definition) is 1. The summed E-state index contributed by atoms with van der Waals surface area (Å²) in [4.78, 5) is 51.2. The van der Waals surface area contributed by atoms with Crippen molar-refractivity contribution in [1.82, 2.24) is 15.0 Å². The second-order valence-corrected chi connectivity index (χ2v) is 8.86. The molecule has 0 radical (unpaired) electrons. The summed E-state index contributed by atoms with van der Waals surface area (Å²) in [6.45, 7) is -0.399. The number of benzene rings is 3. The molecule has 41 heavy (non-hydrogen) atoms. The van der Waals surface area contributed by atoms with Crippen molar-refractivity contribution in [2.45, 2.75) is 24.5 Å². The lowest BCUT2D eigenvalue weighted by Gasteiger charge is -2.24. The lowest BCUT2D eigenvalue weighted by Crippen LogP contribution is -2.41. The molecule has 1 N–H and O–H groups in total. The number of rotatable bonds is 9. The molecular weight excluding hydrogens is 534 g/mol. The first-order valence-corrected chi connectivity index (χ1v) is 12.5. The standard InChI is InChI=1S/C29H23N3O9/c33-26(34)21-16-30-32(31-21)25-24(41-29(37)20-14-8-3-9-15-20)23(40-28(36)19-12-6-2-7-13-19)22(39-25)17-38-27(35)18-10-4-1-5-11-18/h1-16,22-25H,17H2,(H,33,34)/t22-,23-,24-,25-/m1/s1. The van der Waals surface area contributed by atoms with Crippen molar-refractivity contribution >= 4 is 23.9 Å². The van der Waals surface area contributed by atoms with E-state index in [4.69, 9.17) is 18.9 Å². The summed E-state index contributed by atoms with van der Waals surface area (Å²) in [6, 6.07) is 24.4. The Morgan fingerprint density at radius 3 is 1.71 bits per heavy atom. The second kappa shape index (κ2) is 12.2. The molecule has 1 aliphatic rings. The normalized spacial score (nSPS) is 19.7. The number of carboxylic acid groups (broad SMARTS) is 1. The van der Waals surface area contributed by atoms with E-state index < -0.39 is 60.7 Å². The topological polar surface area (TPSA) is 156 Å². The number of ether oxygens (including phenoxy) is 4.